The number of hydrogen-bond donors (Lipinski definition) is 0. The zero-order valence-corrected chi connectivity index (χ0v) is 16.5. The summed E-state index contributed by atoms with van der Waals surface area (Å²) in [5.41, 5.74) is 3.05. The van der Waals surface area contributed by atoms with Crippen molar-refractivity contribution in [1.82, 2.24) is 19.8 Å². The molecular weight excluding hydrogens is 370 g/mol. The van der Waals surface area contributed by atoms with Crippen molar-refractivity contribution < 1.29 is 4.79 Å². The number of amides is 1. The Morgan fingerprint density at radius 1 is 1.00 bits per heavy atom. The Morgan fingerprint density at radius 3 is 2.36 bits per heavy atom. The number of nitrogens with zero attached hydrogens (tertiary/aromatic N) is 5. The van der Waals surface area contributed by atoms with E-state index < -0.39 is 0 Å². The average molecular weight is 392 g/mol. The lowest BCUT2D eigenvalue weighted by Crippen LogP contribution is -2.25. The number of benzene rings is 2. The van der Waals surface area contributed by atoms with Crippen LogP contribution in [0.25, 0.3) is 11.4 Å². The first kappa shape index (κ1) is 18.4. The van der Waals surface area contributed by atoms with Gasteiger partial charge in [-0.05, 0) is 12.5 Å². The van der Waals surface area contributed by atoms with Gasteiger partial charge in [-0.25, -0.2) is 5.01 Å². The van der Waals surface area contributed by atoms with Gasteiger partial charge in [0.05, 0.1) is 18.0 Å². The van der Waals surface area contributed by atoms with Crippen molar-refractivity contribution in [3.8, 4) is 11.4 Å². The number of rotatable bonds is 6. The van der Waals surface area contributed by atoms with Crippen LogP contribution >= 0.6 is 11.8 Å². The molecule has 3 aromatic rings. The molecule has 1 aliphatic heterocycles. The molecule has 6 nitrogen and oxygen atoms in total. The smallest absolute Gasteiger partial charge is 0.253 e. The van der Waals surface area contributed by atoms with E-state index in [9.17, 15) is 4.79 Å². The third-order valence-corrected chi connectivity index (χ3v) is 5.54. The maximum Gasteiger partial charge on any atom is 0.253 e. The molecule has 0 N–H and O–H groups in total. The normalized spacial score (nSPS) is 13.6. The molecule has 1 aliphatic rings. The predicted octanol–water partition coefficient (Wildman–Crippen LogP) is 3.69. The fourth-order valence-electron chi connectivity index (χ4n) is 3.15. The molecule has 0 bridgehead atoms. The van der Waals surface area contributed by atoms with Crippen molar-refractivity contribution in [2.75, 3.05) is 12.3 Å². The zero-order chi connectivity index (χ0) is 19.3. The Kier molecular flexibility index (Phi) is 5.53. The molecule has 2 heterocycles. The number of aromatic nitrogens is 3. The van der Waals surface area contributed by atoms with Crippen LogP contribution in [0.4, 0.5) is 0 Å². The van der Waals surface area contributed by atoms with Crippen LogP contribution in [0.2, 0.25) is 0 Å². The molecule has 7 heteroatoms. The summed E-state index contributed by atoms with van der Waals surface area (Å²) < 4.78 is 2.04. The maximum atomic E-state index is 12.6. The number of carbonyl (C=O) groups is 1. The third-order valence-electron chi connectivity index (χ3n) is 4.59. The van der Waals surface area contributed by atoms with E-state index in [-0.39, 0.29) is 5.91 Å². The summed E-state index contributed by atoms with van der Waals surface area (Å²) in [6.45, 7) is 3.42. The van der Waals surface area contributed by atoms with Gasteiger partial charge in [0.25, 0.3) is 5.91 Å². The molecule has 0 radical (unpaired) electrons. The first-order valence-corrected chi connectivity index (χ1v) is 10.3. The second kappa shape index (κ2) is 8.39. The van der Waals surface area contributed by atoms with Crippen LogP contribution in [-0.2, 0) is 11.3 Å². The minimum absolute atomic E-state index is 0.0113. The second-order valence-electron chi connectivity index (χ2n) is 6.38. The van der Waals surface area contributed by atoms with Gasteiger partial charge in [0, 0.05) is 18.5 Å². The minimum atomic E-state index is -0.0113. The Bertz CT molecular complexity index is 985. The molecule has 0 unspecified atom stereocenters. The summed E-state index contributed by atoms with van der Waals surface area (Å²) >= 11 is 1.41. The summed E-state index contributed by atoms with van der Waals surface area (Å²) in [7, 11) is 0. The quantitative estimate of drug-likeness (QED) is 0.601. The standard InChI is InChI=1S/C21H21N5OS/c1-2-25-20(17-11-7-4-8-12-17)22-23-21(25)28-15-19(27)26-14-13-18(24-26)16-9-5-3-6-10-16/h3-12H,2,13-15H2,1H3. The van der Waals surface area contributed by atoms with Gasteiger partial charge in [-0.3, -0.25) is 4.79 Å². The molecule has 0 atom stereocenters. The first-order valence-electron chi connectivity index (χ1n) is 9.31. The number of hydrogen-bond acceptors (Lipinski definition) is 5. The molecule has 2 aromatic carbocycles. The van der Waals surface area contributed by atoms with Crippen molar-refractivity contribution in [2.45, 2.75) is 25.0 Å². The minimum Gasteiger partial charge on any atom is -0.302 e. The highest BCUT2D eigenvalue weighted by atomic mass is 32.2. The van der Waals surface area contributed by atoms with E-state index in [1.807, 2.05) is 65.2 Å². The Morgan fingerprint density at radius 2 is 1.68 bits per heavy atom. The third kappa shape index (κ3) is 3.84. The van der Waals surface area contributed by atoms with Crippen LogP contribution in [0, 0.1) is 0 Å². The lowest BCUT2D eigenvalue weighted by molar-refractivity contribution is -0.127. The fraction of sp³-hybridized carbons (Fsp3) is 0.238. The second-order valence-corrected chi connectivity index (χ2v) is 7.33. The molecule has 0 saturated carbocycles. The Balaban J connectivity index is 1.43. The maximum absolute atomic E-state index is 12.6. The van der Waals surface area contributed by atoms with E-state index in [2.05, 4.69) is 22.2 Å². The topological polar surface area (TPSA) is 63.4 Å². The van der Waals surface area contributed by atoms with Crippen molar-refractivity contribution in [1.29, 1.82) is 0 Å². The van der Waals surface area contributed by atoms with Crippen molar-refractivity contribution >= 4 is 23.4 Å². The highest BCUT2D eigenvalue weighted by Gasteiger charge is 2.22. The molecular formula is C21H21N5OS. The van der Waals surface area contributed by atoms with Crippen LogP contribution in [0.1, 0.15) is 18.9 Å². The highest BCUT2D eigenvalue weighted by molar-refractivity contribution is 7.99. The van der Waals surface area contributed by atoms with Gasteiger partial charge in [0.2, 0.25) is 0 Å². The summed E-state index contributed by atoms with van der Waals surface area (Å²) in [5.74, 6) is 1.10. The number of thioether (sulfide) groups is 1. The lowest BCUT2D eigenvalue weighted by atomic mass is 10.1. The molecule has 28 heavy (non-hydrogen) atoms. The molecule has 4 rings (SSSR count). The summed E-state index contributed by atoms with van der Waals surface area (Å²) in [6.07, 6.45) is 0.781. The van der Waals surface area contributed by atoms with Crippen LogP contribution < -0.4 is 0 Å². The summed E-state index contributed by atoms with van der Waals surface area (Å²) in [5, 5.41) is 15.4. The van der Waals surface area contributed by atoms with E-state index in [1.165, 1.54) is 11.8 Å². The van der Waals surface area contributed by atoms with Crippen LogP contribution in [0.3, 0.4) is 0 Å². The molecule has 1 amide bonds. The van der Waals surface area contributed by atoms with Crippen molar-refractivity contribution in [3.05, 3.63) is 66.2 Å². The SMILES string of the molecule is CCn1c(SCC(=O)N2CCC(c3ccccc3)=N2)nnc1-c1ccccc1. The highest BCUT2D eigenvalue weighted by Crippen LogP contribution is 2.24. The van der Waals surface area contributed by atoms with Gasteiger partial charge in [-0.1, -0.05) is 72.4 Å². The average Bonchev–Trinajstić information content (AvgIpc) is 3.40. The molecule has 0 fully saturated rings. The fourth-order valence-corrected chi connectivity index (χ4v) is 4.02. The van der Waals surface area contributed by atoms with Crippen LogP contribution in [-0.4, -0.2) is 43.7 Å². The van der Waals surface area contributed by atoms with E-state index in [4.69, 9.17) is 0 Å². The van der Waals surface area contributed by atoms with Gasteiger partial charge in [0.15, 0.2) is 11.0 Å². The van der Waals surface area contributed by atoms with E-state index >= 15 is 0 Å². The van der Waals surface area contributed by atoms with Gasteiger partial charge in [0.1, 0.15) is 0 Å². The number of carbonyl (C=O) groups excluding carboxylic acids is 1. The van der Waals surface area contributed by atoms with Gasteiger partial charge < -0.3 is 4.57 Å². The molecule has 1 aromatic heterocycles. The van der Waals surface area contributed by atoms with Gasteiger partial charge >= 0.3 is 0 Å². The van der Waals surface area contributed by atoms with E-state index in [1.54, 1.807) is 5.01 Å². The predicted molar refractivity (Wildman–Crippen MR) is 111 cm³/mol. The van der Waals surface area contributed by atoms with E-state index in [0.717, 1.165) is 40.8 Å². The zero-order valence-electron chi connectivity index (χ0n) is 15.7. The molecule has 0 spiro atoms. The largest absolute Gasteiger partial charge is 0.302 e. The lowest BCUT2D eigenvalue weighted by Gasteiger charge is -2.11. The summed E-state index contributed by atoms with van der Waals surface area (Å²) in [4.78, 5) is 12.6. The molecule has 142 valence electrons. The van der Waals surface area contributed by atoms with Gasteiger partial charge in [-0.15, -0.1) is 10.2 Å². The Hall–Kier alpha value is -2.93. The monoisotopic (exact) mass is 391 g/mol. The van der Waals surface area contributed by atoms with Gasteiger partial charge in [-0.2, -0.15) is 5.10 Å². The van der Waals surface area contributed by atoms with Crippen LogP contribution in [0.5, 0.6) is 0 Å². The van der Waals surface area contributed by atoms with E-state index in [0.29, 0.717) is 12.3 Å². The first-order chi connectivity index (χ1) is 13.8. The van der Waals surface area contributed by atoms with Crippen LogP contribution in [0.15, 0.2) is 70.9 Å². The van der Waals surface area contributed by atoms with Crippen molar-refractivity contribution in [3.63, 3.8) is 0 Å². The Labute approximate surface area is 168 Å². The molecule has 0 saturated heterocycles. The summed E-state index contributed by atoms with van der Waals surface area (Å²) in [6, 6.07) is 20.0. The molecule has 0 aliphatic carbocycles. The number of hydrazone groups is 1. The van der Waals surface area contributed by atoms with Crippen molar-refractivity contribution in [2.24, 2.45) is 5.10 Å².